The fourth-order valence-electron chi connectivity index (χ4n) is 1.50. The molecule has 8 heteroatoms. The zero-order valence-corrected chi connectivity index (χ0v) is 9.35. The molecule has 1 heterocycles. The number of sulfonamides is 1. The summed E-state index contributed by atoms with van der Waals surface area (Å²) in [5, 5.41) is 0. The van der Waals surface area contributed by atoms with Crippen molar-refractivity contribution in [1.82, 2.24) is 4.31 Å². The van der Waals surface area contributed by atoms with Crippen LogP contribution in [0.25, 0.3) is 0 Å². The predicted molar refractivity (Wildman–Crippen MR) is 54.5 cm³/mol. The first-order valence-corrected chi connectivity index (χ1v) is 6.09. The molecule has 2 rings (SSSR count). The maximum absolute atomic E-state index is 13.3. The first-order valence-electron chi connectivity index (χ1n) is 4.65. The Hall–Kier alpha value is -1.28. The van der Waals surface area contributed by atoms with Gasteiger partial charge >= 0.3 is 0 Å². The summed E-state index contributed by atoms with van der Waals surface area (Å²) < 4.78 is 62.6. The number of nitrogens with two attached hydrogens (primary N) is 1. The van der Waals surface area contributed by atoms with Gasteiger partial charge in [-0.25, -0.2) is 21.6 Å². The standard InChI is InChI=1S/C9H9F3N2O2S/c10-7-2-1-6(13)3-8(7)17(15,16)14-4-9(11,12)5-14/h1-3H,4-5,13H2. The summed E-state index contributed by atoms with van der Waals surface area (Å²) in [6.07, 6.45) is 0. The van der Waals surface area contributed by atoms with Crippen LogP contribution in [0.5, 0.6) is 0 Å². The average Bonchev–Trinajstić information content (AvgIpc) is 2.18. The molecule has 0 radical (unpaired) electrons. The highest BCUT2D eigenvalue weighted by atomic mass is 32.2. The molecule has 0 atom stereocenters. The molecule has 0 aliphatic carbocycles. The molecule has 0 amide bonds. The molecule has 1 saturated heterocycles. The Bertz CT molecular complexity index is 551. The van der Waals surface area contributed by atoms with Crippen LogP contribution in [0.4, 0.5) is 18.9 Å². The fraction of sp³-hybridized carbons (Fsp3) is 0.333. The lowest BCUT2D eigenvalue weighted by Crippen LogP contribution is -2.58. The van der Waals surface area contributed by atoms with E-state index in [0.717, 1.165) is 12.1 Å². The van der Waals surface area contributed by atoms with Gasteiger partial charge in [0.2, 0.25) is 10.0 Å². The molecular formula is C9H9F3N2O2S. The largest absolute Gasteiger partial charge is 0.399 e. The van der Waals surface area contributed by atoms with Crippen LogP contribution in [0.3, 0.4) is 0 Å². The van der Waals surface area contributed by atoms with E-state index in [1.807, 2.05) is 0 Å². The minimum atomic E-state index is -4.23. The van der Waals surface area contributed by atoms with Crippen molar-refractivity contribution < 1.29 is 21.6 Å². The van der Waals surface area contributed by atoms with Crippen LogP contribution < -0.4 is 5.73 Å². The van der Waals surface area contributed by atoms with E-state index in [9.17, 15) is 21.6 Å². The molecule has 1 fully saturated rings. The fourth-order valence-corrected chi connectivity index (χ4v) is 3.09. The number of hydrogen-bond donors (Lipinski definition) is 1. The third-order valence-corrected chi connectivity index (χ3v) is 4.20. The smallest absolute Gasteiger partial charge is 0.275 e. The third-order valence-electron chi connectivity index (χ3n) is 2.39. The molecule has 4 nitrogen and oxygen atoms in total. The number of rotatable bonds is 2. The molecule has 0 unspecified atom stereocenters. The number of nitrogens with zero attached hydrogens (tertiary/aromatic N) is 1. The first-order chi connectivity index (χ1) is 7.72. The second-order valence-electron chi connectivity index (χ2n) is 3.82. The highest BCUT2D eigenvalue weighted by molar-refractivity contribution is 7.89. The molecule has 1 aromatic carbocycles. The number of alkyl halides is 2. The monoisotopic (exact) mass is 266 g/mol. The van der Waals surface area contributed by atoms with Crippen molar-refractivity contribution in [2.45, 2.75) is 10.8 Å². The van der Waals surface area contributed by atoms with Crippen molar-refractivity contribution in [2.24, 2.45) is 0 Å². The number of benzene rings is 1. The van der Waals surface area contributed by atoms with Gasteiger partial charge in [-0.15, -0.1) is 0 Å². The molecule has 17 heavy (non-hydrogen) atoms. The molecule has 0 aromatic heterocycles. The maximum Gasteiger partial charge on any atom is 0.275 e. The zero-order valence-electron chi connectivity index (χ0n) is 8.53. The zero-order chi connectivity index (χ0) is 12.8. The minimum absolute atomic E-state index is 0.0530. The molecule has 0 saturated carbocycles. The Morgan fingerprint density at radius 1 is 1.29 bits per heavy atom. The van der Waals surface area contributed by atoms with Crippen molar-refractivity contribution in [3.05, 3.63) is 24.0 Å². The van der Waals surface area contributed by atoms with Gasteiger partial charge in [0.25, 0.3) is 5.92 Å². The maximum atomic E-state index is 13.3. The van der Waals surface area contributed by atoms with Crippen LogP contribution in [0.2, 0.25) is 0 Å². The van der Waals surface area contributed by atoms with Crippen LogP contribution in [0.15, 0.2) is 23.1 Å². The van der Waals surface area contributed by atoms with Gasteiger partial charge in [-0.05, 0) is 18.2 Å². The quantitative estimate of drug-likeness (QED) is 0.814. The number of hydrogen-bond acceptors (Lipinski definition) is 3. The lowest BCUT2D eigenvalue weighted by atomic mass is 10.2. The van der Waals surface area contributed by atoms with Crippen LogP contribution in [-0.4, -0.2) is 31.7 Å². The van der Waals surface area contributed by atoms with Crippen molar-refractivity contribution in [3.8, 4) is 0 Å². The first kappa shape index (κ1) is 12.2. The van der Waals surface area contributed by atoms with E-state index in [1.165, 1.54) is 6.07 Å². The molecule has 0 bridgehead atoms. The SMILES string of the molecule is Nc1ccc(F)c(S(=O)(=O)N2CC(F)(F)C2)c1. The Morgan fingerprint density at radius 3 is 2.41 bits per heavy atom. The van der Waals surface area contributed by atoms with Crippen LogP contribution >= 0.6 is 0 Å². The summed E-state index contributed by atoms with van der Waals surface area (Å²) in [7, 11) is -4.23. The average molecular weight is 266 g/mol. The van der Waals surface area contributed by atoms with E-state index >= 15 is 0 Å². The van der Waals surface area contributed by atoms with Gasteiger partial charge < -0.3 is 5.73 Å². The highest BCUT2D eigenvalue weighted by Gasteiger charge is 2.50. The molecule has 0 spiro atoms. The summed E-state index contributed by atoms with van der Waals surface area (Å²) in [5.74, 6) is -4.04. The summed E-state index contributed by atoms with van der Waals surface area (Å²) >= 11 is 0. The second-order valence-corrected chi connectivity index (χ2v) is 5.73. The van der Waals surface area contributed by atoms with Gasteiger partial charge in [0.05, 0.1) is 13.1 Å². The van der Waals surface area contributed by atoms with E-state index in [4.69, 9.17) is 5.73 Å². The van der Waals surface area contributed by atoms with Crippen molar-refractivity contribution in [3.63, 3.8) is 0 Å². The van der Waals surface area contributed by atoms with E-state index in [1.54, 1.807) is 0 Å². The summed E-state index contributed by atoms with van der Waals surface area (Å²) in [5.41, 5.74) is 5.39. The van der Waals surface area contributed by atoms with Crippen molar-refractivity contribution in [1.29, 1.82) is 0 Å². The molecule has 2 N–H and O–H groups in total. The highest BCUT2D eigenvalue weighted by Crippen LogP contribution is 2.33. The second kappa shape index (κ2) is 3.61. The Labute approximate surface area is 95.9 Å². The van der Waals surface area contributed by atoms with Crippen molar-refractivity contribution >= 4 is 15.7 Å². The van der Waals surface area contributed by atoms with Crippen LogP contribution in [-0.2, 0) is 10.0 Å². The Balaban J connectivity index is 2.36. The van der Waals surface area contributed by atoms with Crippen LogP contribution in [0.1, 0.15) is 0 Å². The van der Waals surface area contributed by atoms with Gasteiger partial charge in [-0.3, -0.25) is 0 Å². The van der Waals surface area contributed by atoms with Gasteiger partial charge in [0, 0.05) is 5.69 Å². The van der Waals surface area contributed by atoms with E-state index in [2.05, 4.69) is 0 Å². The van der Waals surface area contributed by atoms with E-state index in [0.29, 0.717) is 4.31 Å². The molecular weight excluding hydrogens is 257 g/mol. The van der Waals surface area contributed by atoms with E-state index < -0.39 is 39.7 Å². The number of anilines is 1. The lowest BCUT2D eigenvalue weighted by molar-refractivity contribution is -0.0945. The summed E-state index contributed by atoms with van der Waals surface area (Å²) in [6, 6.07) is 3.00. The van der Waals surface area contributed by atoms with Crippen LogP contribution in [0, 0.1) is 5.82 Å². The molecule has 1 aliphatic heterocycles. The Kier molecular flexibility index (Phi) is 2.58. The van der Waals surface area contributed by atoms with Gasteiger partial charge in [0.1, 0.15) is 10.7 Å². The molecule has 94 valence electrons. The minimum Gasteiger partial charge on any atom is -0.399 e. The van der Waals surface area contributed by atoms with E-state index in [-0.39, 0.29) is 5.69 Å². The summed E-state index contributed by atoms with van der Waals surface area (Å²) in [4.78, 5) is -0.673. The van der Waals surface area contributed by atoms with Gasteiger partial charge in [0.15, 0.2) is 0 Å². The molecule has 1 aliphatic rings. The normalized spacial score (nSPS) is 19.9. The summed E-state index contributed by atoms with van der Waals surface area (Å²) in [6.45, 7) is -1.85. The lowest BCUT2D eigenvalue weighted by Gasteiger charge is -2.37. The molecule has 1 aromatic rings. The predicted octanol–water partition coefficient (Wildman–Crippen LogP) is 1.05. The third kappa shape index (κ3) is 2.09. The number of halogens is 3. The van der Waals surface area contributed by atoms with Gasteiger partial charge in [-0.2, -0.15) is 4.31 Å². The van der Waals surface area contributed by atoms with Gasteiger partial charge in [-0.1, -0.05) is 0 Å². The van der Waals surface area contributed by atoms with Crippen molar-refractivity contribution in [2.75, 3.05) is 18.8 Å². The Morgan fingerprint density at radius 2 is 1.88 bits per heavy atom. The number of nitrogen functional groups attached to an aromatic ring is 1. The topological polar surface area (TPSA) is 63.4 Å².